The molecule has 0 fully saturated rings. The van der Waals surface area contributed by atoms with Crippen LogP contribution >= 0.6 is 11.6 Å². The molecule has 0 aliphatic heterocycles. The summed E-state index contributed by atoms with van der Waals surface area (Å²) in [5, 5.41) is 14.4. The van der Waals surface area contributed by atoms with Gasteiger partial charge >= 0.3 is 0 Å². The third-order valence-corrected chi connectivity index (χ3v) is 2.68. The Kier molecular flexibility index (Phi) is 6.41. The van der Waals surface area contributed by atoms with Crippen molar-refractivity contribution in [2.75, 3.05) is 36.7 Å². The first-order chi connectivity index (χ1) is 9.58. The number of nitrogens with zero attached hydrogens (tertiary/aromatic N) is 2. The summed E-state index contributed by atoms with van der Waals surface area (Å²) in [4.78, 5) is 13.6. The van der Waals surface area contributed by atoms with Crippen LogP contribution in [0.15, 0.2) is 36.0 Å². The molecule has 20 heavy (non-hydrogen) atoms. The van der Waals surface area contributed by atoms with Crippen LogP contribution in [0.3, 0.4) is 0 Å². The van der Waals surface area contributed by atoms with Crippen LogP contribution in [0.4, 0.5) is 11.4 Å². The van der Waals surface area contributed by atoms with Crippen molar-refractivity contribution in [1.29, 1.82) is 5.26 Å². The van der Waals surface area contributed by atoms with Gasteiger partial charge in [0.1, 0.15) is 11.6 Å². The van der Waals surface area contributed by atoms with E-state index in [4.69, 9.17) is 16.9 Å². The second kappa shape index (κ2) is 8.08. The number of carbonyl (C=O) groups excluding carboxylic acids is 1. The van der Waals surface area contributed by atoms with E-state index < -0.39 is 5.91 Å². The molecule has 0 atom stereocenters. The number of nitrogens with one attached hydrogen (secondary N) is 2. The molecule has 2 N–H and O–H groups in total. The molecule has 6 heteroatoms. The second-order valence-corrected chi connectivity index (χ2v) is 4.58. The summed E-state index contributed by atoms with van der Waals surface area (Å²) in [6.07, 6.45) is 1.39. The van der Waals surface area contributed by atoms with Crippen LogP contribution in [-0.4, -0.2) is 32.4 Å². The first-order valence-electron chi connectivity index (χ1n) is 6.07. The van der Waals surface area contributed by atoms with Gasteiger partial charge in [0.05, 0.1) is 0 Å². The standard InChI is InChI=1S/C14H17ClN4O/c1-19(2)13-5-3-4-12(8-13)18-10-11(9-16)14(20)17-7-6-15/h3-5,8,10,18H,6-7H2,1-2H3,(H,17,20)/b11-10-. The summed E-state index contributed by atoms with van der Waals surface area (Å²) in [6.45, 7) is 0.329. The predicted octanol–water partition coefficient (Wildman–Crippen LogP) is 1.93. The number of benzene rings is 1. The Hall–Kier alpha value is -2.19. The minimum absolute atomic E-state index is 0.00497. The zero-order chi connectivity index (χ0) is 15.0. The first kappa shape index (κ1) is 15.9. The van der Waals surface area contributed by atoms with Crippen LogP contribution in [0.25, 0.3) is 0 Å². The largest absolute Gasteiger partial charge is 0.378 e. The summed E-state index contributed by atoms with van der Waals surface area (Å²) in [7, 11) is 3.88. The van der Waals surface area contributed by atoms with Crippen LogP contribution in [0.5, 0.6) is 0 Å². The molecule has 0 spiro atoms. The lowest BCUT2D eigenvalue weighted by molar-refractivity contribution is -0.117. The molecule has 0 aliphatic rings. The lowest BCUT2D eigenvalue weighted by Gasteiger charge is -2.13. The molecule has 1 aromatic rings. The number of nitriles is 1. The number of anilines is 2. The summed E-state index contributed by atoms with van der Waals surface area (Å²) < 4.78 is 0. The highest BCUT2D eigenvalue weighted by Crippen LogP contribution is 2.17. The van der Waals surface area contributed by atoms with Crippen molar-refractivity contribution in [3.8, 4) is 6.07 Å². The second-order valence-electron chi connectivity index (χ2n) is 4.20. The Morgan fingerprint density at radius 2 is 2.25 bits per heavy atom. The van der Waals surface area contributed by atoms with Crippen LogP contribution in [0, 0.1) is 11.3 Å². The average Bonchev–Trinajstić information content (AvgIpc) is 2.46. The molecule has 0 heterocycles. The molecule has 5 nitrogen and oxygen atoms in total. The Morgan fingerprint density at radius 3 is 2.85 bits per heavy atom. The smallest absolute Gasteiger partial charge is 0.263 e. The Morgan fingerprint density at radius 1 is 1.50 bits per heavy atom. The summed E-state index contributed by atoms with van der Waals surface area (Å²) in [5.74, 6) is -0.132. The quantitative estimate of drug-likeness (QED) is 0.477. The van der Waals surface area contributed by atoms with Crippen molar-refractivity contribution in [2.45, 2.75) is 0 Å². The maximum absolute atomic E-state index is 11.6. The molecule has 0 saturated heterocycles. The van der Waals surface area contributed by atoms with Crippen LogP contribution in [-0.2, 0) is 4.79 Å². The molecule has 0 saturated carbocycles. The number of rotatable bonds is 6. The van der Waals surface area contributed by atoms with Crippen molar-refractivity contribution < 1.29 is 4.79 Å². The van der Waals surface area contributed by atoms with Crippen molar-refractivity contribution in [3.05, 3.63) is 36.0 Å². The number of hydrogen-bond donors (Lipinski definition) is 2. The van der Waals surface area contributed by atoms with Crippen LogP contribution in [0.2, 0.25) is 0 Å². The minimum Gasteiger partial charge on any atom is -0.378 e. The van der Waals surface area contributed by atoms with E-state index in [1.54, 1.807) is 0 Å². The molecule has 1 aromatic carbocycles. The maximum Gasteiger partial charge on any atom is 0.263 e. The third-order valence-electron chi connectivity index (χ3n) is 2.49. The molecular formula is C14H17ClN4O. The number of hydrogen-bond acceptors (Lipinski definition) is 4. The molecule has 1 rings (SSSR count). The van der Waals surface area contributed by atoms with Crippen molar-refractivity contribution in [3.63, 3.8) is 0 Å². The highest BCUT2D eigenvalue weighted by molar-refractivity contribution is 6.18. The summed E-state index contributed by atoms with van der Waals surface area (Å²) >= 11 is 5.48. The van der Waals surface area contributed by atoms with E-state index in [2.05, 4.69) is 10.6 Å². The zero-order valence-corrected chi connectivity index (χ0v) is 12.2. The Bertz CT molecular complexity index is 534. The number of amides is 1. The fraction of sp³-hybridized carbons (Fsp3) is 0.286. The van der Waals surface area contributed by atoms with Gasteiger partial charge in [-0.15, -0.1) is 11.6 Å². The van der Waals surface area contributed by atoms with Crippen LogP contribution < -0.4 is 15.5 Å². The van der Waals surface area contributed by atoms with Gasteiger partial charge in [0, 0.05) is 44.1 Å². The molecule has 0 bridgehead atoms. The van der Waals surface area contributed by atoms with Gasteiger partial charge in [-0.3, -0.25) is 4.79 Å². The fourth-order valence-electron chi connectivity index (χ4n) is 1.43. The highest BCUT2D eigenvalue weighted by atomic mass is 35.5. The fourth-order valence-corrected chi connectivity index (χ4v) is 1.53. The first-order valence-corrected chi connectivity index (χ1v) is 6.60. The van der Waals surface area contributed by atoms with Gasteiger partial charge in [0.15, 0.2) is 0 Å². The molecular weight excluding hydrogens is 276 g/mol. The van der Waals surface area contributed by atoms with E-state index in [9.17, 15) is 4.79 Å². The molecule has 0 aliphatic carbocycles. The number of carbonyl (C=O) groups is 1. The molecule has 1 amide bonds. The minimum atomic E-state index is -0.440. The van der Waals surface area contributed by atoms with Gasteiger partial charge < -0.3 is 15.5 Å². The highest BCUT2D eigenvalue weighted by Gasteiger charge is 2.07. The lowest BCUT2D eigenvalue weighted by atomic mass is 10.2. The molecule has 0 aromatic heterocycles. The third kappa shape index (κ3) is 4.82. The van der Waals surface area contributed by atoms with Gasteiger partial charge in [-0.05, 0) is 18.2 Å². The Balaban J connectivity index is 2.76. The van der Waals surface area contributed by atoms with Gasteiger partial charge in [-0.1, -0.05) is 6.07 Å². The molecule has 0 radical (unpaired) electrons. The van der Waals surface area contributed by atoms with E-state index in [1.165, 1.54) is 6.20 Å². The van der Waals surface area contributed by atoms with Gasteiger partial charge in [-0.25, -0.2) is 0 Å². The van der Waals surface area contributed by atoms with E-state index in [0.29, 0.717) is 12.4 Å². The van der Waals surface area contributed by atoms with Gasteiger partial charge in [0.25, 0.3) is 5.91 Å². The lowest BCUT2D eigenvalue weighted by Crippen LogP contribution is -2.26. The number of halogens is 1. The molecule has 106 valence electrons. The molecule has 0 unspecified atom stereocenters. The van der Waals surface area contributed by atoms with Crippen molar-refractivity contribution in [2.24, 2.45) is 0 Å². The van der Waals surface area contributed by atoms with E-state index >= 15 is 0 Å². The SMILES string of the molecule is CN(C)c1cccc(N/C=C(/C#N)C(=O)NCCCl)c1. The zero-order valence-electron chi connectivity index (χ0n) is 11.5. The maximum atomic E-state index is 11.6. The normalized spacial score (nSPS) is 10.6. The Labute approximate surface area is 123 Å². The number of alkyl halides is 1. The van der Waals surface area contributed by atoms with E-state index in [1.807, 2.05) is 49.3 Å². The van der Waals surface area contributed by atoms with E-state index in [0.717, 1.165) is 11.4 Å². The summed E-state index contributed by atoms with van der Waals surface area (Å²) in [6, 6.07) is 9.49. The average molecular weight is 293 g/mol. The van der Waals surface area contributed by atoms with Crippen LogP contribution in [0.1, 0.15) is 0 Å². The van der Waals surface area contributed by atoms with Gasteiger partial charge in [-0.2, -0.15) is 5.26 Å². The topological polar surface area (TPSA) is 68.2 Å². The van der Waals surface area contributed by atoms with Crippen molar-refractivity contribution >= 4 is 28.9 Å². The van der Waals surface area contributed by atoms with Crippen molar-refractivity contribution in [1.82, 2.24) is 5.32 Å². The monoisotopic (exact) mass is 292 g/mol. The summed E-state index contributed by atoms with van der Waals surface area (Å²) in [5.41, 5.74) is 1.83. The van der Waals surface area contributed by atoms with Gasteiger partial charge in [0.2, 0.25) is 0 Å². The predicted molar refractivity (Wildman–Crippen MR) is 81.8 cm³/mol. The van der Waals surface area contributed by atoms with E-state index in [-0.39, 0.29) is 5.57 Å².